The first-order valence-corrected chi connectivity index (χ1v) is 7.84. The summed E-state index contributed by atoms with van der Waals surface area (Å²) in [7, 11) is 1.86. The van der Waals surface area contributed by atoms with Crippen LogP contribution in [0.3, 0.4) is 0 Å². The number of aromatic nitrogens is 1. The highest BCUT2D eigenvalue weighted by atomic mass is 32.1. The Morgan fingerprint density at radius 1 is 1.27 bits per heavy atom. The Hall–Kier alpha value is -2.27. The summed E-state index contributed by atoms with van der Waals surface area (Å²) >= 11 is 1.44. The predicted octanol–water partition coefficient (Wildman–Crippen LogP) is 3.68. The molecule has 1 heterocycles. The van der Waals surface area contributed by atoms with Gasteiger partial charge in [-0.05, 0) is 36.2 Å². The summed E-state index contributed by atoms with van der Waals surface area (Å²) in [6.45, 7) is 2.10. The minimum Gasteiger partial charge on any atom is -0.319 e. The van der Waals surface area contributed by atoms with Crippen LogP contribution in [0.4, 0.5) is 4.39 Å². The van der Waals surface area contributed by atoms with E-state index in [0.717, 1.165) is 16.6 Å². The second-order valence-electron chi connectivity index (χ2n) is 5.00. The minimum atomic E-state index is -0.559. The summed E-state index contributed by atoms with van der Waals surface area (Å²) in [6, 6.07) is 12.1. The molecule has 0 spiro atoms. The Balaban J connectivity index is 2.11. The van der Waals surface area contributed by atoms with Crippen molar-refractivity contribution in [3.8, 4) is 0 Å². The van der Waals surface area contributed by atoms with Gasteiger partial charge >= 0.3 is 0 Å². The van der Waals surface area contributed by atoms with Gasteiger partial charge in [0.1, 0.15) is 5.82 Å². The molecule has 1 amide bonds. The molecule has 0 radical (unpaired) electrons. The first-order chi connectivity index (χ1) is 10.6. The third-order valence-corrected chi connectivity index (χ3v) is 4.68. The smallest absolute Gasteiger partial charge is 0.282 e. The number of amides is 1. The zero-order valence-corrected chi connectivity index (χ0v) is 13.2. The van der Waals surface area contributed by atoms with Crippen LogP contribution in [-0.2, 0) is 13.5 Å². The molecule has 22 heavy (non-hydrogen) atoms. The van der Waals surface area contributed by atoms with Gasteiger partial charge in [0.15, 0.2) is 4.80 Å². The lowest BCUT2D eigenvalue weighted by molar-refractivity contribution is 0.0994. The Morgan fingerprint density at radius 2 is 2.05 bits per heavy atom. The Morgan fingerprint density at radius 3 is 2.77 bits per heavy atom. The van der Waals surface area contributed by atoms with Crippen LogP contribution in [-0.4, -0.2) is 10.5 Å². The lowest BCUT2D eigenvalue weighted by Crippen LogP contribution is -2.13. The van der Waals surface area contributed by atoms with Gasteiger partial charge in [0.05, 0.1) is 15.8 Å². The Labute approximate surface area is 131 Å². The number of nitrogens with zero attached hydrogens (tertiary/aromatic N) is 2. The van der Waals surface area contributed by atoms with E-state index in [9.17, 15) is 9.18 Å². The lowest BCUT2D eigenvalue weighted by Gasteiger charge is -1.98. The second-order valence-corrected chi connectivity index (χ2v) is 6.01. The van der Waals surface area contributed by atoms with E-state index < -0.39 is 11.7 Å². The van der Waals surface area contributed by atoms with Crippen molar-refractivity contribution < 1.29 is 9.18 Å². The summed E-state index contributed by atoms with van der Waals surface area (Å²) in [5, 5.41) is 0. The average molecular weight is 314 g/mol. The van der Waals surface area contributed by atoms with Gasteiger partial charge in [-0.1, -0.05) is 36.5 Å². The normalized spacial score (nSPS) is 12.0. The molecule has 3 rings (SSSR count). The van der Waals surface area contributed by atoms with E-state index in [1.54, 1.807) is 12.1 Å². The molecule has 0 aliphatic heterocycles. The van der Waals surface area contributed by atoms with E-state index in [0.29, 0.717) is 4.80 Å². The Bertz CT molecular complexity index is 924. The van der Waals surface area contributed by atoms with Gasteiger partial charge in [-0.2, -0.15) is 4.99 Å². The van der Waals surface area contributed by atoms with E-state index in [4.69, 9.17) is 0 Å². The first-order valence-electron chi connectivity index (χ1n) is 7.02. The molecule has 1 aromatic heterocycles. The third-order valence-electron chi connectivity index (χ3n) is 3.58. The van der Waals surface area contributed by atoms with E-state index in [1.807, 2.05) is 17.7 Å². The van der Waals surface area contributed by atoms with Crippen LogP contribution in [0.5, 0.6) is 0 Å². The number of fused-ring (bicyclic) bond motifs is 1. The highest BCUT2D eigenvalue weighted by molar-refractivity contribution is 7.16. The minimum absolute atomic E-state index is 0.00537. The van der Waals surface area contributed by atoms with Crippen LogP contribution in [0.2, 0.25) is 0 Å². The molecule has 0 aliphatic rings. The number of aryl methyl sites for hydroxylation is 2. The van der Waals surface area contributed by atoms with Gasteiger partial charge < -0.3 is 4.57 Å². The van der Waals surface area contributed by atoms with Crippen LogP contribution in [0.1, 0.15) is 22.8 Å². The number of benzene rings is 2. The number of hydrogen-bond acceptors (Lipinski definition) is 2. The number of rotatable bonds is 2. The standard InChI is InChI=1S/C17H15FN2OS/c1-3-11-8-9-14-15(10-11)22-17(20(14)2)19-16(21)12-6-4-5-7-13(12)18/h4-10H,3H2,1-2H3. The van der Waals surface area contributed by atoms with Crippen molar-refractivity contribution in [2.75, 3.05) is 0 Å². The van der Waals surface area contributed by atoms with Crippen LogP contribution in [0, 0.1) is 5.82 Å². The fraction of sp³-hybridized carbons (Fsp3) is 0.176. The molecule has 3 nitrogen and oxygen atoms in total. The van der Waals surface area contributed by atoms with Crippen molar-refractivity contribution in [2.24, 2.45) is 12.0 Å². The van der Waals surface area contributed by atoms with Crippen LogP contribution in [0.15, 0.2) is 47.5 Å². The van der Waals surface area contributed by atoms with Gasteiger partial charge in [-0.3, -0.25) is 4.79 Å². The molecular weight excluding hydrogens is 299 g/mol. The molecule has 0 unspecified atom stereocenters. The molecule has 0 bridgehead atoms. The molecule has 0 saturated heterocycles. The number of halogens is 1. The lowest BCUT2D eigenvalue weighted by atomic mass is 10.2. The first kappa shape index (κ1) is 14.7. The van der Waals surface area contributed by atoms with Gasteiger partial charge in [0.25, 0.3) is 5.91 Å². The molecular formula is C17H15FN2OS. The molecule has 112 valence electrons. The van der Waals surface area contributed by atoms with Crippen LogP contribution < -0.4 is 4.80 Å². The summed E-state index contributed by atoms with van der Waals surface area (Å²) in [4.78, 5) is 16.8. The van der Waals surface area contributed by atoms with Crippen molar-refractivity contribution in [2.45, 2.75) is 13.3 Å². The fourth-order valence-electron chi connectivity index (χ4n) is 2.29. The maximum absolute atomic E-state index is 13.7. The molecule has 2 aromatic carbocycles. The van der Waals surface area contributed by atoms with E-state index in [-0.39, 0.29) is 5.56 Å². The quantitative estimate of drug-likeness (QED) is 0.710. The summed E-state index contributed by atoms with van der Waals surface area (Å²) in [6.07, 6.45) is 0.957. The van der Waals surface area contributed by atoms with Crippen molar-refractivity contribution in [3.05, 3.63) is 64.2 Å². The molecule has 0 atom stereocenters. The third kappa shape index (κ3) is 2.60. The largest absolute Gasteiger partial charge is 0.319 e. The maximum atomic E-state index is 13.7. The number of carbonyl (C=O) groups excluding carboxylic acids is 1. The van der Waals surface area contributed by atoms with Crippen molar-refractivity contribution >= 4 is 27.5 Å². The zero-order chi connectivity index (χ0) is 15.7. The molecule has 0 saturated carbocycles. The number of hydrogen-bond donors (Lipinski definition) is 0. The maximum Gasteiger partial charge on any atom is 0.282 e. The highest BCUT2D eigenvalue weighted by Crippen LogP contribution is 2.19. The van der Waals surface area contributed by atoms with Crippen molar-refractivity contribution in [3.63, 3.8) is 0 Å². The Kier molecular flexibility index (Phi) is 3.90. The summed E-state index contributed by atoms with van der Waals surface area (Å²) in [5.74, 6) is -1.11. The van der Waals surface area contributed by atoms with Crippen molar-refractivity contribution in [1.29, 1.82) is 0 Å². The zero-order valence-electron chi connectivity index (χ0n) is 12.3. The van der Waals surface area contributed by atoms with E-state index in [2.05, 4.69) is 24.0 Å². The molecule has 0 fully saturated rings. The average Bonchev–Trinajstić information content (AvgIpc) is 2.83. The van der Waals surface area contributed by atoms with Crippen LogP contribution in [0.25, 0.3) is 10.2 Å². The van der Waals surface area contributed by atoms with Gasteiger partial charge in [-0.15, -0.1) is 0 Å². The molecule has 5 heteroatoms. The molecule has 0 aliphatic carbocycles. The van der Waals surface area contributed by atoms with Gasteiger partial charge in [-0.25, -0.2) is 4.39 Å². The van der Waals surface area contributed by atoms with E-state index in [1.165, 1.54) is 29.0 Å². The number of thiazole rings is 1. The second kappa shape index (κ2) is 5.85. The fourth-order valence-corrected chi connectivity index (χ4v) is 3.37. The van der Waals surface area contributed by atoms with Gasteiger partial charge in [0.2, 0.25) is 0 Å². The predicted molar refractivity (Wildman–Crippen MR) is 86.5 cm³/mol. The summed E-state index contributed by atoms with van der Waals surface area (Å²) < 4.78 is 16.6. The van der Waals surface area contributed by atoms with Gasteiger partial charge in [0, 0.05) is 7.05 Å². The number of carbonyl (C=O) groups is 1. The monoisotopic (exact) mass is 314 g/mol. The molecule has 3 aromatic rings. The SMILES string of the molecule is CCc1ccc2c(c1)sc(=NC(=O)c1ccccc1F)n2C. The molecule has 0 N–H and O–H groups in total. The van der Waals surface area contributed by atoms with Crippen molar-refractivity contribution in [1.82, 2.24) is 4.57 Å². The summed E-state index contributed by atoms with van der Waals surface area (Å²) in [5.41, 5.74) is 2.25. The topological polar surface area (TPSA) is 34.4 Å². The highest BCUT2D eigenvalue weighted by Gasteiger charge is 2.11. The van der Waals surface area contributed by atoms with E-state index >= 15 is 0 Å². The van der Waals surface area contributed by atoms with Crippen LogP contribution >= 0.6 is 11.3 Å².